The molecule has 2 amide bonds. The zero-order valence-electron chi connectivity index (χ0n) is 10.5. The molecule has 0 atom stereocenters. The lowest BCUT2D eigenvalue weighted by molar-refractivity contribution is -0.139. The van der Waals surface area contributed by atoms with Gasteiger partial charge in [-0.2, -0.15) is 0 Å². The van der Waals surface area contributed by atoms with Crippen molar-refractivity contribution < 1.29 is 14.7 Å². The highest BCUT2D eigenvalue weighted by atomic mass is 32.1. The van der Waals surface area contributed by atoms with Gasteiger partial charge >= 0.3 is 12.0 Å². The zero-order valence-corrected chi connectivity index (χ0v) is 11.3. The molecule has 1 fully saturated rings. The molecule has 0 aromatic carbocycles. The summed E-state index contributed by atoms with van der Waals surface area (Å²) >= 11 is 1.55. The highest BCUT2D eigenvalue weighted by Crippen LogP contribution is 2.34. The summed E-state index contributed by atoms with van der Waals surface area (Å²) in [4.78, 5) is 26.6. The van der Waals surface area contributed by atoms with Crippen LogP contribution >= 0.6 is 11.3 Å². The number of aromatic nitrogens is 1. The lowest BCUT2D eigenvalue weighted by atomic mass is 9.74. The number of urea groups is 1. The van der Waals surface area contributed by atoms with E-state index >= 15 is 0 Å². The van der Waals surface area contributed by atoms with E-state index in [1.807, 2.05) is 5.38 Å². The monoisotopic (exact) mass is 283 g/mol. The number of carbonyl (C=O) groups excluding carboxylic acids is 1. The molecule has 19 heavy (non-hydrogen) atoms. The largest absolute Gasteiger partial charge is 0.481 e. The summed E-state index contributed by atoms with van der Waals surface area (Å²) in [5.41, 5.74) is -0.545. The molecular formula is C12H17N3O3S. The highest BCUT2D eigenvalue weighted by molar-refractivity contribution is 7.09. The van der Waals surface area contributed by atoms with Gasteiger partial charge in [0.05, 0.1) is 17.0 Å². The Morgan fingerprint density at radius 2 is 2.26 bits per heavy atom. The van der Waals surface area contributed by atoms with Gasteiger partial charge < -0.3 is 15.7 Å². The quantitative estimate of drug-likeness (QED) is 0.735. The van der Waals surface area contributed by atoms with Gasteiger partial charge in [-0.05, 0) is 19.3 Å². The standard InChI is InChI=1S/C12H17N3O3S/c16-10(17)8-12(3-1-4-12)15-11(18)14-5-2-9-13-6-7-19-9/h6-7H,1-5,8H2,(H,16,17)(H2,14,15,18). The third-order valence-electron chi connectivity index (χ3n) is 3.29. The fourth-order valence-electron chi connectivity index (χ4n) is 2.18. The van der Waals surface area contributed by atoms with Crippen LogP contribution in [0.2, 0.25) is 0 Å². The van der Waals surface area contributed by atoms with Crippen LogP contribution in [0.25, 0.3) is 0 Å². The maximum atomic E-state index is 11.7. The molecule has 6 nitrogen and oxygen atoms in total. The number of rotatable bonds is 6. The number of thiazole rings is 1. The molecule has 2 rings (SSSR count). The minimum absolute atomic E-state index is 0.00704. The normalized spacial score (nSPS) is 16.4. The van der Waals surface area contributed by atoms with Gasteiger partial charge in [-0.3, -0.25) is 4.79 Å². The summed E-state index contributed by atoms with van der Waals surface area (Å²) in [6, 6.07) is -0.294. The van der Waals surface area contributed by atoms with Crippen LogP contribution in [0, 0.1) is 0 Å². The maximum absolute atomic E-state index is 11.7. The van der Waals surface area contributed by atoms with Crippen LogP contribution in [0.4, 0.5) is 4.79 Å². The van der Waals surface area contributed by atoms with Crippen molar-refractivity contribution in [1.29, 1.82) is 0 Å². The highest BCUT2D eigenvalue weighted by Gasteiger charge is 2.40. The number of carbonyl (C=O) groups is 2. The van der Waals surface area contributed by atoms with Crippen molar-refractivity contribution >= 4 is 23.3 Å². The van der Waals surface area contributed by atoms with E-state index in [9.17, 15) is 9.59 Å². The summed E-state index contributed by atoms with van der Waals surface area (Å²) in [6.45, 7) is 0.502. The lowest BCUT2D eigenvalue weighted by Crippen LogP contribution is -2.57. The Labute approximate surface area is 115 Å². The van der Waals surface area contributed by atoms with Crippen molar-refractivity contribution in [2.24, 2.45) is 0 Å². The van der Waals surface area contributed by atoms with Crippen LogP contribution < -0.4 is 10.6 Å². The average Bonchev–Trinajstić information content (AvgIpc) is 2.78. The van der Waals surface area contributed by atoms with Gasteiger partial charge in [-0.1, -0.05) is 0 Å². The minimum atomic E-state index is -0.872. The minimum Gasteiger partial charge on any atom is -0.481 e. The molecule has 0 radical (unpaired) electrons. The van der Waals surface area contributed by atoms with Gasteiger partial charge in [0.1, 0.15) is 0 Å². The Kier molecular flexibility index (Phi) is 4.36. The molecule has 1 saturated carbocycles. The number of hydrogen-bond donors (Lipinski definition) is 3. The summed E-state index contributed by atoms with van der Waals surface area (Å²) in [6.07, 6.45) is 4.85. The molecule has 0 aliphatic heterocycles. The van der Waals surface area contributed by atoms with Gasteiger partial charge in [0.15, 0.2) is 0 Å². The second-order valence-electron chi connectivity index (χ2n) is 4.76. The lowest BCUT2D eigenvalue weighted by Gasteiger charge is -2.41. The number of nitrogens with zero attached hydrogens (tertiary/aromatic N) is 1. The molecule has 0 unspecified atom stereocenters. The first-order chi connectivity index (χ1) is 9.10. The van der Waals surface area contributed by atoms with Crippen LogP contribution in [-0.2, 0) is 11.2 Å². The van der Waals surface area contributed by atoms with Crippen molar-refractivity contribution in [1.82, 2.24) is 15.6 Å². The number of aliphatic carboxylic acids is 1. The molecule has 1 aliphatic carbocycles. The van der Waals surface area contributed by atoms with E-state index in [0.717, 1.165) is 24.3 Å². The first kappa shape index (κ1) is 13.8. The van der Waals surface area contributed by atoms with Gasteiger partial charge in [-0.25, -0.2) is 9.78 Å². The van der Waals surface area contributed by atoms with Gasteiger partial charge in [0.2, 0.25) is 0 Å². The molecule has 104 valence electrons. The summed E-state index contributed by atoms with van der Waals surface area (Å²) in [7, 11) is 0. The number of carboxylic acid groups (broad SMARTS) is 1. The van der Waals surface area contributed by atoms with E-state index in [1.165, 1.54) is 0 Å². The Morgan fingerprint density at radius 1 is 1.47 bits per heavy atom. The predicted octanol–water partition coefficient (Wildman–Crippen LogP) is 1.38. The van der Waals surface area contributed by atoms with Crippen LogP contribution in [0.15, 0.2) is 11.6 Å². The third kappa shape index (κ3) is 3.92. The molecule has 7 heteroatoms. The molecule has 1 heterocycles. The van der Waals surface area contributed by atoms with Gasteiger partial charge in [0, 0.05) is 24.5 Å². The summed E-state index contributed by atoms with van der Waals surface area (Å²) in [5.74, 6) is -0.872. The van der Waals surface area contributed by atoms with Crippen LogP contribution in [0.3, 0.4) is 0 Å². The molecule has 1 aromatic heterocycles. The van der Waals surface area contributed by atoms with E-state index in [1.54, 1.807) is 17.5 Å². The maximum Gasteiger partial charge on any atom is 0.315 e. The Bertz CT molecular complexity index is 443. The average molecular weight is 283 g/mol. The molecule has 0 bridgehead atoms. The molecule has 3 N–H and O–H groups in total. The Hall–Kier alpha value is -1.63. The van der Waals surface area contributed by atoms with E-state index in [4.69, 9.17) is 5.11 Å². The number of hydrogen-bond acceptors (Lipinski definition) is 4. The smallest absolute Gasteiger partial charge is 0.315 e. The van der Waals surface area contributed by atoms with E-state index in [-0.39, 0.29) is 12.5 Å². The summed E-state index contributed by atoms with van der Waals surface area (Å²) in [5, 5.41) is 17.3. The first-order valence-electron chi connectivity index (χ1n) is 6.26. The van der Waals surface area contributed by atoms with Crippen molar-refractivity contribution in [3.8, 4) is 0 Å². The molecule has 1 aromatic rings. The predicted molar refractivity (Wildman–Crippen MR) is 71.2 cm³/mol. The van der Waals surface area contributed by atoms with E-state index in [0.29, 0.717) is 13.0 Å². The van der Waals surface area contributed by atoms with Crippen LogP contribution in [0.5, 0.6) is 0 Å². The van der Waals surface area contributed by atoms with E-state index < -0.39 is 11.5 Å². The molecule has 1 aliphatic rings. The number of carboxylic acids is 1. The number of nitrogens with one attached hydrogen (secondary N) is 2. The first-order valence-corrected chi connectivity index (χ1v) is 7.14. The SMILES string of the molecule is O=C(O)CC1(NC(=O)NCCc2nccs2)CCC1. The molecule has 0 spiro atoms. The van der Waals surface area contributed by atoms with Crippen molar-refractivity contribution in [3.63, 3.8) is 0 Å². The Balaban J connectivity index is 1.72. The van der Waals surface area contributed by atoms with Gasteiger partial charge in [-0.15, -0.1) is 11.3 Å². The fraction of sp³-hybridized carbons (Fsp3) is 0.583. The summed E-state index contributed by atoms with van der Waals surface area (Å²) < 4.78 is 0. The second kappa shape index (κ2) is 6.01. The fourth-order valence-corrected chi connectivity index (χ4v) is 2.80. The second-order valence-corrected chi connectivity index (χ2v) is 5.74. The Morgan fingerprint density at radius 3 is 2.79 bits per heavy atom. The van der Waals surface area contributed by atoms with E-state index in [2.05, 4.69) is 15.6 Å². The van der Waals surface area contributed by atoms with Crippen molar-refractivity contribution in [3.05, 3.63) is 16.6 Å². The molecular weight excluding hydrogens is 266 g/mol. The van der Waals surface area contributed by atoms with Crippen LogP contribution in [0.1, 0.15) is 30.7 Å². The third-order valence-corrected chi connectivity index (χ3v) is 4.13. The number of amides is 2. The van der Waals surface area contributed by atoms with Crippen LogP contribution in [-0.4, -0.2) is 34.2 Å². The van der Waals surface area contributed by atoms with Gasteiger partial charge in [0.25, 0.3) is 0 Å². The topological polar surface area (TPSA) is 91.3 Å². The van der Waals surface area contributed by atoms with Crippen molar-refractivity contribution in [2.75, 3.05) is 6.54 Å². The van der Waals surface area contributed by atoms with Crippen molar-refractivity contribution in [2.45, 2.75) is 37.6 Å². The zero-order chi connectivity index (χ0) is 13.7. The molecule has 0 saturated heterocycles.